The second kappa shape index (κ2) is 5.26. The quantitative estimate of drug-likeness (QED) is 0.845. The first kappa shape index (κ1) is 13.3. The molecule has 1 aliphatic rings. The van der Waals surface area contributed by atoms with Gasteiger partial charge in [-0.25, -0.2) is 13.6 Å². The number of hydrogen-bond donors (Lipinski definition) is 2. The third-order valence-electron chi connectivity index (χ3n) is 3.05. The molecule has 0 amide bonds. The highest BCUT2D eigenvalue weighted by atomic mass is 32.2. The number of ether oxygens (including phenoxy) is 1. The van der Waals surface area contributed by atoms with Crippen LogP contribution in [0.3, 0.4) is 0 Å². The fourth-order valence-electron chi connectivity index (χ4n) is 2.11. The molecular weight excluding hydrogens is 252 g/mol. The minimum absolute atomic E-state index is 0.143. The molecule has 18 heavy (non-hydrogen) atoms. The lowest BCUT2D eigenvalue weighted by molar-refractivity contribution is 0.00295. The SMILES string of the molecule is CCOC1CC(Nc2ccccc2S(N)(=O)=O)C1. The van der Waals surface area contributed by atoms with Crippen molar-refractivity contribution < 1.29 is 13.2 Å². The molecule has 5 nitrogen and oxygen atoms in total. The topological polar surface area (TPSA) is 81.4 Å². The van der Waals surface area contributed by atoms with Gasteiger partial charge in [0.25, 0.3) is 0 Å². The van der Waals surface area contributed by atoms with Crippen LogP contribution in [-0.2, 0) is 14.8 Å². The smallest absolute Gasteiger partial charge is 0.240 e. The predicted molar refractivity (Wildman–Crippen MR) is 69.9 cm³/mol. The molecule has 100 valence electrons. The Morgan fingerprint density at radius 1 is 1.39 bits per heavy atom. The molecule has 0 heterocycles. The van der Waals surface area contributed by atoms with Crippen LogP contribution in [0.4, 0.5) is 5.69 Å². The molecule has 1 saturated carbocycles. The molecule has 0 atom stereocenters. The van der Waals surface area contributed by atoms with E-state index in [1.165, 1.54) is 6.07 Å². The molecule has 1 fully saturated rings. The van der Waals surface area contributed by atoms with Crippen molar-refractivity contribution in [1.29, 1.82) is 0 Å². The van der Waals surface area contributed by atoms with E-state index in [4.69, 9.17) is 9.88 Å². The summed E-state index contributed by atoms with van der Waals surface area (Å²) in [5, 5.41) is 8.38. The molecule has 2 rings (SSSR count). The molecule has 0 aromatic heterocycles. The summed E-state index contributed by atoms with van der Waals surface area (Å²) in [4.78, 5) is 0.143. The fourth-order valence-corrected chi connectivity index (χ4v) is 2.81. The first-order valence-electron chi connectivity index (χ1n) is 6.00. The molecule has 3 N–H and O–H groups in total. The molecule has 0 bridgehead atoms. The molecular formula is C12H18N2O3S. The van der Waals surface area contributed by atoms with Crippen molar-refractivity contribution in [3.63, 3.8) is 0 Å². The Balaban J connectivity index is 2.03. The maximum atomic E-state index is 11.4. The molecule has 0 radical (unpaired) electrons. The van der Waals surface area contributed by atoms with Crippen molar-refractivity contribution in [2.45, 2.75) is 36.8 Å². The van der Waals surface area contributed by atoms with Crippen molar-refractivity contribution >= 4 is 15.7 Å². The Morgan fingerprint density at radius 2 is 2.06 bits per heavy atom. The van der Waals surface area contributed by atoms with Crippen molar-refractivity contribution in [2.75, 3.05) is 11.9 Å². The van der Waals surface area contributed by atoms with Crippen LogP contribution in [0.5, 0.6) is 0 Å². The molecule has 0 aliphatic heterocycles. The van der Waals surface area contributed by atoms with Crippen LogP contribution in [-0.4, -0.2) is 27.2 Å². The maximum absolute atomic E-state index is 11.4. The molecule has 1 aromatic rings. The number of primary sulfonamides is 1. The van der Waals surface area contributed by atoms with E-state index >= 15 is 0 Å². The summed E-state index contributed by atoms with van der Waals surface area (Å²) in [7, 11) is -3.68. The third-order valence-corrected chi connectivity index (χ3v) is 4.02. The van der Waals surface area contributed by atoms with Gasteiger partial charge in [0, 0.05) is 12.6 Å². The van der Waals surface area contributed by atoms with Gasteiger partial charge in [0.1, 0.15) is 4.90 Å². The zero-order valence-corrected chi connectivity index (χ0v) is 11.1. The molecule has 6 heteroatoms. The average molecular weight is 270 g/mol. The first-order valence-corrected chi connectivity index (χ1v) is 7.55. The summed E-state index contributed by atoms with van der Waals surface area (Å²) in [6, 6.07) is 6.94. The number of benzene rings is 1. The predicted octanol–water partition coefficient (Wildman–Crippen LogP) is 1.31. The van der Waals surface area contributed by atoms with Gasteiger partial charge >= 0.3 is 0 Å². The van der Waals surface area contributed by atoms with E-state index in [0.29, 0.717) is 12.3 Å². The number of rotatable bonds is 5. The van der Waals surface area contributed by atoms with E-state index in [0.717, 1.165) is 12.8 Å². The summed E-state index contributed by atoms with van der Waals surface area (Å²) in [5.41, 5.74) is 0.569. The van der Waals surface area contributed by atoms with E-state index in [1.54, 1.807) is 18.2 Å². The lowest BCUT2D eigenvalue weighted by Crippen LogP contribution is -2.41. The van der Waals surface area contributed by atoms with Gasteiger partial charge in [0.15, 0.2) is 0 Å². The summed E-state index contributed by atoms with van der Waals surface area (Å²) in [6.45, 7) is 2.68. The number of anilines is 1. The first-order chi connectivity index (χ1) is 8.50. The number of nitrogens with two attached hydrogens (primary N) is 1. The maximum Gasteiger partial charge on any atom is 0.240 e. The summed E-state index contributed by atoms with van der Waals surface area (Å²) in [5.74, 6) is 0. The van der Waals surface area contributed by atoms with Gasteiger partial charge in [-0.1, -0.05) is 12.1 Å². The van der Waals surface area contributed by atoms with Gasteiger partial charge in [0.2, 0.25) is 10.0 Å². The van der Waals surface area contributed by atoms with E-state index in [9.17, 15) is 8.42 Å². The highest BCUT2D eigenvalue weighted by Gasteiger charge is 2.30. The Hall–Kier alpha value is -1.11. The van der Waals surface area contributed by atoms with Crippen LogP contribution in [0.2, 0.25) is 0 Å². The average Bonchev–Trinajstić information content (AvgIpc) is 2.25. The van der Waals surface area contributed by atoms with Crippen LogP contribution < -0.4 is 10.5 Å². The summed E-state index contributed by atoms with van der Waals surface area (Å²) >= 11 is 0. The van der Waals surface area contributed by atoms with Crippen LogP contribution in [0.25, 0.3) is 0 Å². The Kier molecular flexibility index (Phi) is 3.89. The lowest BCUT2D eigenvalue weighted by Gasteiger charge is -2.36. The fraction of sp³-hybridized carbons (Fsp3) is 0.500. The molecule has 0 spiro atoms. The summed E-state index contributed by atoms with van der Waals surface area (Å²) < 4.78 is 28.3. The zero-order chi connectivity index (χ0) is 13.2. The molecule has 1 aromatic carbocycles. The van der Waals surface area contributed by atoms with Gasteiger partial charge < -0.3 is 10.1 Å². The van der Waals surface area contributed by atoms with E-state index in [-0.39, 0.29) is 17.0 Å². The Labute approximate surface area is 107 Å². The second-order valence-electron chi connectivity index (χ2n) is 4.43. The zero-order valence-electron chi connectivity index (χ0n) is 10.3. The normalized spacial score (nSPS) is 23.4. The van der Waals surface area contributed by atoms with E-state index in [2.05, 4.69) is 5.32 Å². The second-order valence-corrected chi connectivity index (χ2v) is 5.96. The number of nitrogens with one attached hydrogen (secondary N) is 1. The van der Waals surface area contributed by atoms with Crippen molar-refractivity contribution in [3.05, 3.63) is 24.3 Å². The highest BCUT2D eigenvalue weighted by Crippen LogP contribution is 2.29. The van der Waals surface area contributed by atoms with Crippen LogP contribution >= 0.6 is 0 Å². The largest absolute Gasteiger partial charge is 0.381 e. The minimum Gasteiger partial charge on any atom is -0.381 e. The van der Waals surface area contributed by atoms with Crippen molar-refractivity contribution in [2.24, 2.45) is 5.14 Å². The Bertz CT molecular complexity index is 510. The monoisotopic (exact) mass is 270 g/mol. The number of sulfonamides is 1. The number of hydrogen-bond acceptors (Lipinski definition) is 4. The standard InChI is InChI=1S/C12H18N2O3S/c1-2-17-10-7-9(8-10)14-11-5-3-4-6-12(11)18(13,15)16/h3-6,9-10,14H,2,7-8H2,1H3,(H2,13,15,16). The Morgan fingerprint density at radius 3 is 2.67 bits per heavy atom. The van der Waals surface area contributed by atoms with Crippen LogP contribution in [0.1, 0.15) is 19.8 Å². The van der Waals surface area contributed by atoms with Crippen molar-refractivity contribution in [3.8, 4) is 0 Å². The lowest BCUT2D eigenvalue weighted by atomic mass is 9.89. The van der Waals surface area contributed by atoms with Gasteiger partial charge in [-0.3, -0.25) is 0 Å². The van der Waals surface area contributed by atoms with Gasteiger partial charge in [-0.2, -0.15) is 0 Å². The summed E-state index contributed by atoms with van der Waals surface area (Å²) in [6.07, 6.45) is 2.08. The minimum atomic E-state index is -3.68. The molecule has 1 aliphatic carbocycles. The van der Waals surface area contributed by atoms with Gasteiger partial charge in [-0.05, 0) is 31.9 Å². The van der Waals surface area contributed by atoms with E-state index in [1.807, 2.05) is 6.92 Å². The molecule has 0 unspecified atom stereocenters. The van der Waals surface area contributed by atoms with Crippen LogP contribution in [0.15, 0.2) is 29.2 Å². The van der Waals surface area contributed by atoms with Gasteiger partial charge in [0.05, 0.1) is 11.8 Å². The number of para-hydroxylation sites is 1. The molecule has 0 saturated heterocycles. The van der Waals surface area contributed by atoms with Crippen molar-refractivity contribution in [1.82, 2.24) is 0 Å². The van der Waals surface area contributed by atoms with Crippen LogP contribution in [0, 0.1) is 0 Å². The third kappa shape index (κ3) is 3.01. The van der Waals surface area contributed by atoms with Gasteiger partial charge in [-0.15, -0.1) is 0 Å². The highest BCUT2D eigenvalue weighted by molar-refractivity contribution is 7.89. The van der Waals surface area contributed by atoms with E-state index < -0.39 is 10.0 Å².